The van der Waals surface area contributed by atoms with E-state index >= 15 is 0 Å². The minimum absolute atomic E-state index is 0.264. The fraction of sp³-hybridized carbons (Fsp3) is 0.800. The number of carbonyl (C=O) groups excluding carboxylic acids is 2. The number of halogens is 3. The highest BCUT2D eigenvalue weighted by Crippen LogP contribution is 2.14. The van der Waals surface area contributed by atoms with Crippen molar-refractivity contribution in [3.8, 4) is 0 Å². The number of alkyl halides is 3. The van der Waals surface area contributed by atoms with Crippen LogP contribution < -0.4 is 0 Å². The van der Waals surface area contributed by atoms with E-state index in [4.69, 9.17) is 0 Å². The molecule has 1 unspecified atom stereocenters. The Balaban J connectivity index is 3.69. The lowest BCUT2D eigenvalue weighted by molar-refractivity contribution is -0.187. The first-order valence-corrected chi connectivity index (χ1v) is 5.15. The number of rotatable bonds is 6. The van der Waals surface area contributed by atoms with Crippen LogP contribution in [-0.2, 0) is 19.1 Å². The Kier molecular flexibility index (Phi) is 6.60. The van der Waals surface area contributed by atoms with Gasteiger partial charge in [-0.1, -0.05) is 13.8 Å². The standard InChI is InChI=1S/C10H15F3O4/c1-3-7(2)9(15)16-5-4-8(14)17-6-10(11,12)13/h7H,3-6H2,1-2H3. The van der Waals surface area contributed by atoms with Crippen molar-refractivity contribution in [3.05, 3.63) is 0 Å². The van der Waals surface area contributed by atoms with Crippen LogP contribution in [0.5, 0.6) is 0 Å². The molecule has 0 aromatic heterocycles. The Bertz CT molecular complexity index is 263. The van der Waals surface area contributed by atoms with Crippen LogP contribution in [0, 0.1) is 5.92 Å². The average Bonchev–Trinajstić information content (AvgIpc) is 2.24. The molecule has 0 aromatic rings. The topological polar surface area (TPSA) is 52.6 Å². The average molecular weight is 256 g/mol. The summed E-state index contributed by atoms with van der Waals surface area (Å²) in [7, 11) is 0. The van der Waals surface area contributed by atoms with Crippen LogP contribution in [0.1, 0.15) is 26.7 Å². The minimum Gasteiger partial charge on any atom is -0.465 e. The van der Waals surface area contributed by atoms with E-state index in [2.05, 4.69) is 9.47 Å². The normalized spacial score (nSPS) is 13.0. The molecule has 100 valence electrons. The number of carbonyl (C=O) groups is 2. The molecule has 0 spiro atoms. The van der Waals surface area contributed by atoms with Crippen LogP contribution >= 0.6 is 0 Å². The van der Waals surface area contributed by atoms with Gasteiger partial charge in [0.25, 0.3) is 0 Å². The van der Waals surface area contributed by atoms with E-state index < -0.39 is 24.7 Å². The van der Waals surface area contributed by atoms with E-state index in [1.54, 1.807) is 13.8 Å². The molecule has 0 saturated heterocycles. The Labute approximate surface area is 97.1 Å². The Morgan fingerprint density at radius 2 is 1.82 bits per heavy atom. The second-order valence-electron chi connectivity index (χ2n) is 3.50. The zero-order chi connectivity index (χ0) is 13.5. The number of esters is 2. The van der Waals surface area contributed by atoms with Gasteiger partial charge in [-0.3, -0.25) is 9.59 Å². The molecule has 0 aliphatic carbocycles. The fourth-order valence-corrected chi connectivity index (χ4v) is 0.778. The van der Waals surface area contributed by atoms with Gasteiger partial charge in [-0.2, -0.15) is 13.2 Å². The van der Waals surface area contributed by atoms with E-state index in [9.17, 15) is 22.8 Å². The number of ether oxygens (including phenoxy) is 2. The Hall–Kier alpha value is -1.27. The summed E-state index contributed by atoms with van der Waals surface area (Å²) in [6.45, 7) is 1.57. The smallest absolute Gasteiger partial charge is 0.422 e. The van der Waals surface area contributed by atoms with Gasteiger partial charge in [-0.15, -0.1) is 0 Å². The number of hydrogen-bond acceptors (Lipinski definition) is 4. The number of hydrogen-bond donors (Lipinski definition) is 0. The van der Waals surface area contributed by atoms with Gasteiger partial charge < -0.3 is 9.47 Å². The van der Waals surface area contributed by atoms with Crippen molar-refractivity contribution < 1.29 is 32.2 Å². The molecule has 0 rings (SSSR count). The molecular weight excluding hydrogens is 241 g/mol. The Morgan fingerprint density at radius 1 is 1.24 bits per heavy atom. The molecular formula is C10H15F3O4. The summed E-state index contributed by atoms with van der Waals surface area (Å²) in [5.41, 5.74) is 0. The zero-order valence-electron chi connectivity index (χ0n) is 9.67. The van der Waals surface area contributed by atoms with E-state index in [0.29, 0.717) is 6.42 Å². The summed E-state index contributed by atoms with van der Waals surface area (Å²) >= 11 is 0. The van der Waals surface area contributed by atoms with Gasteiger partial charge in [0.2, 0.25) is 0 Å². The third kappa shape index (κ3) is 8.53. The summed E-state index contributed by atoms with van der Waals surface area (Å²) in [5, 5.41) is 0. The molecule has 0 fully saturated rings. The van der Waals surface area contributed by atoms with Gasteiger partial charge in [0, 0.05) is 0 Å². The van der Waals surface area contributed by atoms with Crippen molar-refractivity contribution in [2.24, 2.45) is 5.92 Å². The maximum absolute atomic E-state index is 11.7. The van der Waals surface area contributed by atoms with Crippen molar-refractivity contribution >= 4 is 11.9 Å². The summed E-state index contributed by atoms with van der Waals surface area (Å²) in [5.74, 6) is -1.81. The second-order valence-corrected chi connectivity index (χ2v) is 3.50. The highest BCUT2D eigenvalue weighted by Gasteiger charge is 2.29. The van der Waals surface area contributed by atoms with Crippen LogP contribution in [0.25, 0.3) is 0 Å². The van der Waals surface area contributed by atoms with E-state index in [1.807, 2.05) is 0 Å². The van der Waals surface area contributed by atoms with Gasteiger partial charge in [0.05, 0.1) is 12.3 Å². The lowest BCUT2D eigenvalue weighted by Gasteiger charge is -2.10. The van der Waals surface area contributed by atoms with Crippen molar-refractivity contribution in [1.82, 2.24) is 0 Å². The third-order valence-electron chi connectivity index (χ3n) is 1.96. The molecule has 0 amide bonds. The summed E-state index contributed by atoms with van der Waals surface area (Å²) in [6, 6.07) is 0. The molecule has 4 nitrogen and oxygen atoms in total. The molecule has 0 aliphatic heterocycles. The summed E-state index contributed by atoms with van der Waals surface area (Å²) in [6.07, 6.45) is -4.32. The first-order chi connectivity index (χ1) is 7.76. The molecule has 0 N–H and O–H groups in total. The van der Waals surface area contributed by atoms with Gasteiger partial charge in [-0.25, -0.2) is 0 Å². The first-order valence-electron chi connectivity index (χ1n) is 5.15. The van der Waals surface area contributed by atoms with E-state index in [-0.39, 0.29) is 18.9 Å². The van der Waals surface area contributed by atoms with Gasteiger partial charge in [0.1, 0.15) is 6.61 Å². The lowest BCUT2D eigenvalue weighted by atomic mass is 10.1. The highest BCUT2D eigenvalue weighted by atomic mass is 19.4. The van der Waals surface area contributed by atoms with Crippen LogP contribution in [0.4, 0.5) is 13.2 Å². The molecule has 7 heteroatoms. The molecule has 17 heavy (non-hydrogen) atoms. The second kappa shape index (κ2) is 7.13. The van der Waals surface area contributed by atoms with Gasteiger partial charge >= 0.3 is 18.1 Å². The summed E-state index contributed by atoms with van der Waals surface area (Å²) in [4.78, 5) is 21.9. The zero-order valence-corrected chi connectivity index (χ0v) is 9.67. The minimum atomic E-state index is -4.54. The molecule has 0 aromatic carbocycles. The maximum atomic E-state index is 11.7. The van der Waals surface area contributed by atoms with Crippen LogP contribution in [0.2, 0.25) is 0 Å². The van der Waals surface area contributed by atoms with Crippen molar-refractivity contribution in [1.29, 1.82) is 0 Å². The molecule has 0 radical (unpaired) electrons. The fourth-order valence-electron chi connectivity index (χ4n) is 0.778. The summed E-state index contributed by atoms with van der Waals surface area (Å²) < 4.78 is 43.6. The molecule has 0 bridgehead atoms. The highest BCUT2D eigenvalue weighted by molar-refractivity contribution is 5.73. The molecule has 0 saturated carbocycles. The molecule has 0 heterocycles. The lowest BCUT2D eigenvalue weighted by Crippen LogP contribution is -2.22. The van der Waals surface area contributed by atoms with E-state index in [1.165, 1.54) is 0 Å². The monoisotopic (exact) mass is 256 g/mol. The predicted octanol–water partition coefficient (Wildman–Crippen LogP) is 2.07. The quantitative estimate of drug-likeness (QED) is 0.683. The SMILES string of the molecule is CCC(C)C(=O)OCCC(=O)OCC(F)(F)F. The van der Waals surface area contributed by atoms with E-state index in [0.717, 1.165) is 0 Å². The Morgan fingerprint density at radius 3 is 2.29 bits per heavy atom. The van der Waals surface area contributed by atoms with Crippen LogP contribution in [0.15, 0.2) is 0 Å². The maximum Gasteiger partial charge on any atom is 0.422 e. The van der Waals surface area contributed by atoms with Gasteiger partial charge in [-0.05, 0) is 6.42 Å². The van der Waals surface area contributed by atoms with Crippen molar-refractivity contribution in [2.45, 2.75) is 32.9 Å². The predicted molar refractivity (Wildman–Crippen MR) is 52.0 cm³/mol. The van der Waals surface area contributed by atoms with Crippen molar-refractivity contribution in [3.63, 3.8) is 0 Å². The first kappa shape index (κ1) is 15.7. The third-order valence-corrected chi connectivity index (χ3v) is 1.96. The molecule has 0 aliphatic rings. The van der Waals surface area contributed by atoms with Crippen LogP contribution in [0.3, 0.4) is 0 Å². The van der Waals surface area contributed by atoms with Crippen LogP contribution in [-0.4, -0.2) is 31.3 Å². The molecule has 1 atom stereocenters. The largest absolute Gasteiger partial charge is 0.465 e. The van der Waals surface area contributed by atoms with Gasteiger partial charge in [0.15, 0.2) is 6.61 Å². The van der Waals surface area contributed by atoms with Crippen molar-refractivity contribution in [2.75, 3.05) is 13.2 Å².